The summed E-state index contributed by atoms with van der Waals surface area (Å²) in [6.07, 6.45) is 2.23. The summed E-state index contributed by atoms with van der Waals surface area (Å²) >= 11 is 1.26. The van der Waals surface area contributed by atoms with Crippen LogP contribution in [-0.4, -0.2) is 81.6 Å². The van der Waals surface area contributed by atoms with Crippen LogP contribution in [-0.2, 0) is 19.1 Å². The van der Waals surface area contributed by atoms with Gasteiger partial charge in [0.1, 0.15) is 29.3 Å². The van der Waals surface area contributed by atoms with Crippen molar-refractivity contribution < 1.29 is 37.4 Å². The molecule has 2 aromatic carbocycles. The molecule has 0 saturated carbocycles. The van der Waals surface area contributed by atoms with Crippen molar-refractivity contribution in [1.82, 2.24) is 35.5 Å². The molecule has 4 N–H and O–H groups in total. The number of rotatable bonds is 15. The summed E-state index contributed by atoms with van der Waals surface area (Å²) in [5.74, 6) is -0.439. The normalized spacial score (nSPS) is 16.4. The number of alkyl carbamates (subject to hydrolysis) is 2. The van der Waals surface area contributed by atoms with E-state index in [1.165, 1.54) is 37.7 Å². The zero-order valence-corrected chi connectivity index (χ0v) is 35.5. The van der Waals surface area contributed by atoms with Crippen LogP contribution in [0.1, 0.15) is 97.3 Å². The Labute approximate surface area is 346 Å². The molecule has 5 unspecified atom stereocenters. The zero-order chi connectivity index (χ0) is 42.7. The number of thiophene rings is 1. The first-order chi connectivity index (χ1) is 28.1. The summed E-state index contributed by atoms with van der Waals surface area (Å²) in [6.45, 7) is 11.9. The number of ether oxygens (including phenoxy) is 2. The molecule has 5 atom stereocenters. The Kier molecular flexibility index (Phi) is 13.4. The highest BCUT2D eigenvalue weighted by molar-refractivity contribution is 7.18. The number of hydrogen-bond donors (Lipinski definition) is 4. The van der Waals surface area contributed by atoms with Crippen LogP contribution in [0.5, 0.6) is 0 Å². The number of benzene rings is 2. The molecule has 59 heavy (non-hydrogen) atoms. The van der Waals surface area contributed by atoms with E-state index in [1.807, 2.05) is 41.5 Å². The van der Waals surface area contributed by atoms with Crippen molar-refractivity contribution in [3.8, 4) is 20.9 Å². The number of fused-ring (bicyclic) bond motifs is 2. The van der Waals surface area contributed by atoms with E-state index in [0.29, 0.717) is 74.0 Å². The van der Waals surface area contributed by atoms with E-state index in [4.69, 9.17) is 19.4 Å². The lowest BCUT2D eigenvalue weighted by atomic mass is 9.88. The lowest BCUT2D eigenvalue weighted by Gasteiger charge is -2.29. The molecule has 3 aromatic heterocycles. The monoisotopic (exact) mass is 833 g/mol. The van der Waals surface area contributed by atoms with Gasteiger partial charge in [0, 0.05) is 51.4 Å². The molecule has 316 valence electrons. The third-order valence-electron chi connectivity index (χ3n) is 11.2. The molecule has 16 heteroatoms. The first kappa shape index (κ1) is 43.2. The van der Waals surface area contributed by atoms with Crippen molar-refractivity contribution in [2.45, 2.75) is 97.7 Å². The van der Waals surface area contributed by atoms with Crippen LogP contribution in [0.15, 0.2) is 36.4 Å². The van der Waals surface area contributed by atoms with Gasteiger partial charge in [0.25, 0.3) is 0 Å². The van der Waals surface area contributed by atoms with Gasteiger partial charge in [-0.1, -0.05) is 48.0 Å². The number of carbonyl (C=O) groups is 4. The number of nitrogens with zero attached hydrogens (tertiary/aromatic N) is 3. The molecule has 5 aromatic rings. The first-order valence-electron chi connectivity index (χ1n) is 20.1. The Morgan fingerprint density at radius 1 is 0.814 bits per heavy atom. The number of carbonyl (C=O) groups excluding carboxylic acids is 4. The zero-order valence-electron chi connectivity index (χ0n) is 34.7. The summed E-state index contributed by atoms with van der Waals surface area (Å²) in [5.41, 5.74) is 2.86. The highest BCUT2D eigenvalue weighted by Gasteiger charge is 2.38. The minimum atomic E-state index is -0.777. The van der Waals surface area contributed by atoms with Crippen LogP contribution in [0.4, 0.5) is 18.4 Å². The summed E-state index contributed by atoms with van der Waals surface area (Å²) in [5, 5.41) is 5.30. The van der Waals surface area contributed by atoms with Gasteiger partial charge in [-0.15, -0.1) is 11.3 Å². The lowest BCUT2D eigenvalue weighted by molar-refractivity contribution is -0.135. The topological polar surface area (TPSA) is 171 Å². The third kappa shape index (κ3) is 9.42. The van der Waals surface area contributed by atoms with E-state index >= 15 is 8.78 Å². The number of amides is 3. The largest absolute Gasteiger partial charge is 0.453 e. The fraction of sp³-hybridized carbons (Fsp3) is 0.488. The number of ketones is 1. The van der Waals surface area contributed by atoms with Crippen LogP contribution < -0.4 is 10.6 Å². The van der Waals surface area contributed by atoms with Gasteiger partial charge in [-0.3, -0.25) is 9.59 Å². The highest BCUT2D eigenvalue weighted by atomic mass is 32.1. The predicted octanol–water partition coefficient (Wildman–Crippen LogP) is 9.02. The van der Waals surface area contributed by atoms with Crippen LogP contribution in [0.2, 0.25) is 0 Å². The average Bonchev–Trinajstić information content (AvgIpc) is 4.03. The fourth-order valence-corrected chi connectivity index (χ4v) is 8.80. The molecule has 0 bridgehead atoms. The van der Waals surface area contributed by atoms with E-state index < -0.39 is 35.9 Å². The molecule has 0 radical (unpaired) electrons. The number of aromatic nitrogens is 4. The molecule has 0 aliphatic carbocycles. The Morgan fingerprint density at radius 3 is 1.95 bits per heavy atom. The SMILES string of the molecule is COC(=O)NC(C(=O)C(C)CCCC(C)c1nc2cc(-c3ccc(-c4cc5nc(C6CCCN6C(=O)C(NC(=O)OC)C(C)C)[nH]c5cc4F)s3)c(F)cc2[nH]1)C(C)C. The van der Waals surface area contributed by atoms with E-state index in [2.05, 4.69) is 20.6 Å². The standard InChI is InChI=1S/C43H53F2N7O6S/c1-21(2)36(50-42(55)57-7)38(53)23(5)11-9-12-24(6)39-46-29-17-25(27(44)19-31(29)47-39)34-14-15-35(59-34)26-18-30-32(20-28(26)45)49-40(48-30)33-13-10-16-52(33)41(54)37(22(3)4)51-43(56)58-8/h14-15,17-24,33,36-37H,9-13,16H2,1-8H3,(H,46,47)(H,48,49)(H,50,55)(H,51,56). The molecule has 13 nitrogen and oxygen atoms in total. The van der Waals surface area contributed by atoms with Crippen molar-refractivity contribution in [2.24, 2.45) is 17.8 Å². The molecule has 0 spiro atoms. The number of aromatic amines is 2. The third-order valence-corrected chi connectivity index (χ3v) is 12.4. The maximum atomic E-state index is 15.7. The van der Waals surface area contributed by atoms with Crippen molar-refractivity contribution in [2.75, 3.05) is 20.8 Å². The molecule has 1 aliphatic heterocycles. The summed E-state index contributed by atoms with van der Waals surface area (Å²) < 4.78 is 40.8. The summed E-state index contributed by atoms with van der Waals surface area (Å²) in [4.78, 5) is 69.5. The number of nitrogens with one attached hydrogen (secondary N) is 4. The van der Waals surface area contributed by atoms with Gasteiger partial charge in [0.2, 0.25) is 5.91 Å². The maximum absolute atomic E-state index is 15.7. The van der Waals surface area contributed by atoms with Gasteiger partial charge in [-0.2, -0.15) is 0 Å². The lowest BCUT2D eigenvalue weighted by Crippen LogP contribution is -2.51. The van der Waals surface area contributed by atoms with E-state index in [-0.39, 0.29) is 41.4 Å². The minimum Gasteiger partial charge on any atom is -0.453 e. The highest BCUT2D eigenvalue weighted by Crippen LogP contribution is 2.40. The second-order valence-electron chi connectivity index (χ2n) is 16.1. The molecule has 4 heterocycles. The van der Waals surface area contributed by atoms with Crippen molar-refractivity contribution >= 4 is 57.3 Å². The molecular weight excluding hydrogens is 781 g/mol. The number of halogens is 2. The molecule has 1 saturated heterocycles. The van der Waals surface area contributed by atoms with Gasteiger partial charge in [0.05, 0.1) is 48.4 Å². The molecular formula is C43H53F2N7O6S. The van der Waals surface area contributed by atoms with Gasteiger partial charge in [-0.25, -0.2) is 28.3 Å². The molecule has 1 fully saturated rings. The smallest absolute Gasteiger partial charge is 0.407 e. The van der Waals surface area contributed by atoms with E-state index in [1.54, 1.807) is 29.2 Å². The predicted molar refractivity (Wildman–Crippen MR) is 223 cm³/mol. The Bertz CT molecular complexity index is 2340. The number of methoxy groups -OCH3 is 2. The number of imidazole rings is 2. The Morgan fingerprint density at radius 2 is 1.37 bits per heavy atom. The average molecular weight is 834 g/mol. The van der Waals surface area contributed by atoms with Crippen LogP contribution >= 0.6 is 11.3 Å². The Hall–Kier alpha value is -5.38. The maximum Gasteiger partial charge on any atom is 0.407 e. The van der Waals surface area contributed by atoms with Crippen molar-refractivity contribution in [1.29, 1.82) is 0 Å². The first-order valence-corrected chi connectivity index (χ1v) is 20.9. The van der Waals surface area contributed by atoms with Gasteiger partial charge < -0.3 is 35.0 Å². The number of hydrogen-bond acceptors (Lipinski definition) is 9. The molecule has 1 aliphatic rings. The van der Waals surface area contributed by atoms with E-state index in [0.717, 1.165) is 19.3 Å². The second-order valence-corrected chi connectivity index (χ2v) is 17.2. The minimum absolute atomic E-state index is 0.0110. The second kappa shape index (κ2) is 18.3. The van der Waals surface area contributed by atoms with Crippen molar-refractivity contribution in [3.63, 3.8) is 0 Å². The quantitative estimate of drug-likeness (QED) is 0.0810. The summed E-state index contributed by atoms with van der Waals surface area (Å²) in [7, 11) is 2.52. The summed E-state index contributed by atoms with van der Waals surface area (Å²) in [6, 6.07) is 7.93. The van der Waals surface area contributed by atoms with Crippen LogP contribution in [0.25, 0.3) is 42.9 Å². The van der Waals surface area contributed by atoms with Crippen LogP contribution in [0.3, 0.4) is 0 Å². The van der Waals surface area contributed by atoms with Gasteiger partial charge in [-0.05, 0) is 61.8 Å². The number of Topliss-reactive ketones (excluding diaryl/α,β-unsaturated/α-hetero) is 1. The van der Waals surface area contributed by atoms with Gasteiger partial charge in [0.15, 0.2) is 5.78 Å². The molecule has 6 rings (SSSR count). The fourth-order valence-electron chi connectivity index (χ4n) is 7.76. The van der Waals surface area contributed by atoms with Crippen molar-refractivity contribution in [3.05, 3.63) is 59.7 Å². The number of H-pyrrole nitrogens is 2. The van der Waals surface area contributed by atoms with Gasteiger partial charge >= 0.3 is 12.2 Å². The Balaban J connectivity index is 1.15. The molecule has 3 amide bonds. The van der Waals surface area contributed by atoms with Crippen LogP contribution in [0, 0.1) is 29.4 Å². The number of likely N-dealkylation sites (tertiary alicyclic amines) is 1. The van der Waals surface area contributed by atoms with E-state index in [9.17, 15) is 19.2 Å².